The third-order valence-corrected chi connectivity index (χ3v) is 5.41. The van der Waals surface area contributed by atoms with Crippen LogP contribution in [0.25, 0.3) is 0 Å². The van der Waals surface area contributed by atoms with Gasteiger partial charge in [-0.05, 0) is 44.7 Å². The summed E-state index contributed by atoms with van der Waals surface area (Å²) in [5.41, 5.74) is 0.606. The zero-order chi connectivity index (χ0) is 17.3. The Morgan fingerprint density at radius 3 is 2.88 bits per heavy atom. The van der Waals surface area contributed by atoms with Crippen molar-refractivity contribution in [3.05, 3.63) is 17.8 Å². The van der Waals surface area contributed by atoms with Gasteiger partial charge in [0.25, 0.3) is 5.91 Å². The number of morpholine rings is 1. The Bertz CT molecular complexity index is 613. The van der Waals surface area contributed by atoms with Crippen LogP contribution in [0.2, 0.25) is 0 Å². The lowest BCUT2D eigenvalue weighted by Crippen LogP contribution is -2.62. The van der Waals surface area contributed by atoms with E-state index in [0.717, 1.165) is 50.3 Å². The van der Waals surface area contributed by atoms with Crippen molar-refractivity contribution in [1.29, 1.82) is 0 Å². The molecule has 7 heteroatoms. The first-order valence-electron chi connectivity index (χ1n) is 9.25. The molecule has 25 heavy (non-hydrogen) atoms. The Labute approximate surface area is 148 Å². The Hall–Kier alpha value is -1.73. The van der Waals surface area contributed by atoms with E-state index >= 15 is 0 Å². The van der Waals surface area contributed by atoms with E-state index in [1.165, 1.54) is 0 Å². The van der Waals surface area contributed by atoms with Gasteiger partial charge < -0.3 is 19.3 Å². The molecule has 7 nitrogen and oxygen atoms in total. The fourth-order valence-electron chi connectivity index (χ4n) is 4.11. The highest BCUT2D eigenvalue weighted by molar-refractivity contribution is 5.81. The van der Waals surface area contributed by atoms with Crippen molar-refractivity contribution in [1.82, 2.24) is 15.1 Å². The van der Waals surface area contributed by atoms with E-state index in [1.807, 2.05) is 24.0 Å². The molecule has 3 aliphatic rings. The van der Waals surface area contributed by atoms with Gasteiger partial charge in [0.1, 0.15) is 11.7 Å². The van der Waals surface area contributed by atoms with Crippen LogP contribution in [-0.2, 0) is 14.3 Å². The zero-order valence-corrected chi connectivity index (χ0v) is 14.8. The molecule has 0 bridgehead atoms. The number of aromatic nitrogens is 2. The summed E-state index contributed by atoms with van der Waals surface area (Å²) in [6.45, 7) is 6.22. The zero-order valence-electron chi connectivity index (χ0n) is 14.8. The average Bonchev–Trinajstić information content (AvgIpc) is 3.16. The van der Waals surface area contributed by atoms with E-state index in [1.54, 1.807) is 0 Å². The molecule has 0 aromatic carbocycles. The SMILES string of the molecule is Cc1ccc(N2CCCC3(CN(C(=O)[C@@H]4CCCO4)CCO3)C2)nn1. The second-order valence-corrected chi connectivity index (χ2v) is 7.35. The van der Waals surface area contributed by atoms with Crippen molar-refractivity contribution in [2.75, 3.05) is 44.3 Å². The molecule has 0 radical (unpaired) electrons. The Balaban J connectivity index is 1.46. The number of piperidine rings is 1. The monoisotopic (exact) mass is 346 g/mol. The highest BCUT2D eigenvalue weighted by Gasteiger charge is 2.43. The van der Waals surface area contributed by atoms with E-state index < -0.39 is 0 Å². The standard InChI is InChI=1S/C18H26N4O3/c1-14-5-6-16(20-19-14)21-8-3-7-18(12-21)13-22(9-11-25-18)17(23)15-4-2-10-24-15/h5-6,15H,2-4,7-13H2,1H3/t15-,18?/m0/s1. The van der Waals surface area contributed by atoms with Crippen LogP contribution in [0.4, 0.5) is 5.82 Å². The molecular formula is C18H26N4O3. The summed E-state index contributed by atoms with van der Waals surface area (Å²) in [6, 6.07) is 4.00. The van der Waals surface area contributed by atoms with Crippen LogP contribution < -0.4 is 4.90 Å². The van der Waals surface area contributed by atoms with Crippen molar-refractivity contribution in [2.45, 2.75) is 44.3 Å². The summed E-state index contributed by atoms with van der Waals surface area (Å²) < 4.78 is 11.8. The summed E-state index contributed by atoms with van der Waals surface area (Å²) in [6.07, 6.45) is 3.56. The van der Waals surface area contributed by atoms with Crippen molar-refractivity contribution >= 4 is 11.7 Å². The molecular weight excluding hydrogens is 320 g/mol. The third kappa shape index (κ3) is 3.48. The van der Waals surface area contributed by atoms with Gasteiger partial charge in [0.05, 0.1) is 25.4 Å². The van der Waals surface area contributed by atoms with Crippen LogP contribution in [0.1, 0.15) is 31.4 Å². The first-order valence-corrected chi connectivity index (χ1v) is 9.25. The van der Waals surface area contributed by atoms with Gasteiger partial charge in [0.2, 0.25) is 0 Å². The molecule has 3 fully saturated rings. The fourth-order valence-corrected chi connectivity index (χ4v) is 4.11. The number of carbonyl (C=O) groups excluding carboxylic acids is 1. The van der Waals surface area contributed by atoms with E-state index in [-0.39, 0.29) is 17.6 Å². The molecule has 3 saturated heterocycles. The Morgan fingerprint density at radius 2 is 2.12 bits per heavy atom. The summed E-state index contributed by atoms with van der Waals surface area (Å²) in [7, 11) is 0. The van der Waals surface area contributed by atoms with Crippen LogP contribution in [0.3, 0.4) is 0 Å². The lowest BCUT2D eigenvalue weighted by Gasteiger charge is -2.48. The molecule has 4 rings (SSSR count). The van der Waals surface area contributed by atoms with Gasteiger partial charge in [0, 0.05) is 19.7 Å². The molecule has 0 saturated carbocycles. The lowest BCUT2D eigenvalue weighted by molar-refractivity contribution is -0.160. The molecule has 4 heterocycles. The Morgan fingerprint density at radius 1 is 1.20 bits per heavy atom. The minimum Gasteiger partial charge on any atom is -0.369 e. The van der Waals surface area contributed by atoms with Gasteiger partial charge in [-0.15, -0.1) is 5.10 Å². The predicted molar refractivity (Wildman–Crippen MR) is 92.5 cm³/mol. The van der Waals surface area contributed by atoms with Crippen LogP contribution in [0.15, 0.2) is 12.1 Å². The fraction of sp³-hybridized carbons (Fsp3) is 0.722. The van der Waals surface area contributed by atoms with Gasteiger partial charge >= 0.3 is 0 Å². The number of hydrogen-bond donors (Lipinski definition) is 0. The van der Waals surface area contributed by atoms with Gasteiger partial charge in [-0.2, -0.15) is 5.10 Å². The molecule has 0 aliphatic carbocycles. The molecule has 1 spiro atoms. The second kappa shape index (κ2) is 6.88. The number of amides is 1. The van der Waals surface area contributed by atoms with Crippen LogP contribution in [-0.4, -0.2) is 72.1 Å². The number of aryl methyl sites for hydroxylation is 1. The van der Waals surface area contributed by atoms with Crippen molar-refractivity contribution < 1.29 is 14.3 Å². The normalized spacial score (nSPS) is 30.0. The van der Waals surface area contributed by atoms with Crippen molar-refractivity contribution in [3.8, 4) is 0 Å². The van der Waals surface area contributed by atoms with Crippen LogP contribution >= 0.6 is 0 Å². The molecule has 136 valence electrons. The average molecular weight is 346 g/mol. The maximum atomic E-state index is 12.7. The minimum absolute atomic E-state index is 0.132. The van der Waals surface area contributed by atoms with Crippen LogP contribution in [0, 0.1) is 6.92 Å². The smallest absolute Gasteiger partial charge is 0.251 e. The summed E-state index contributed by atoms with van der Waals surface area (Å²) in [5.74, 6) is 1.02. The van der Waals surface area contributed by atoms with Crippen molar-refractivity contribution in [2.24, 2.45) is 0 Å². The molecule has 1 aromatic heterocycles. The number of ether oxygens (including phenoxy) is 2. The van der Waals surface area contributed by atoms with Gasteiger partial charge in [-0.1, -0.05) is 0 Å². The molecule has 3 aliphatic heterocycles. The van der Waals surface area contributed by atoms with E-state index in [4.69, 9.17) is 9.47 Å². The molecule has 1 aromatic rings. The minimum atomic E-state index is -0.308. The molecule has 1 amide bonds. The number of nitrogens with zero attached hydrogens (tertiary/aromatic N) is 4. The number of hydrogen-bond acceptors (Lipinski definition) is 6. The van der Waals surface area contributed by atoms with E-state index in [0.29, 0.717) is 26.3 Å². The Kier molecular flexibility index (Phi) is 4.60. The van der Waals surface area contributed by atoms with E-state index in [2.05, 4.69) is 15.1 Å². The second-order valence-electron chi connectivity index (χ2n) is 7.35. The highest BCUT2D eigenvalue weighted by atomic mass is 16.5. The third-order valence-electron chi connectivity index (χ3n) is 5.41. The number of carbonyl (C=O) groups is 1. The molecule has 2 atom stereocenters. The van der Waals surface area contributed by atoms with Gasteiger partial charge in [-0.25, -0.2) is 0 Å². The summed E-state index contributed by atoms with van der Waals surface area (Å²) in [5, 5.41) is 8.49. The summed E-state index contributed by atoms with van der Waals surface area (Å²) in [4.78, 5) is 16.9. The number of anilines is 1. The lowest BCUT2D eigenvalue weighted by atomic mass is 9.90. The van der Waals surface area contributed by atoms with Crippen LogP contribution in [0.5, 0.6) is 0 Å². The molecule has 1 unspecified atom stereocenters. The molecule has 0 N–H and O–H groups in total. The predicted octanol–water partition coefficient (Wildman–Crippen LogP) is 1.16. The van der Waals surface area contributed by atoms with E-state index in [9.17, 15) is 4.79 Å². The van der Waals surface area contributed by atoms with Gasteiger partial charge in [0.15, 0.2) is 5.82 Å². The van der Waals surface area contributed by atoms with Gasteiger partial charge in [-0.3, -0.25) is 4.79 Å². The summed E-state index contributed by atoms with van der Waals surface area (Å²) >= 11 is 0. The topological polar surface area (TPSA) is 67.8 Å². The largest absolute Gasteiger partial charge is 0.369 e. The highest BCUT2D eigenvalue weighted by Crippen LogP contribution is 2.31. The number of rotatable bonds is 2. The van der Waals surface area contributed by atoms with Crippen molar-refractivity contribution in [3.63, 3.8) is 0 Å². The maximum Gasteiger partial charge on any atom is 0.251 e. The quantitative estimate of drug-likeness (QED) is 0.801. The first kappa shape index (κ1) is 16.7. The first-order chi connectivity index (χ1) is 12.2. The maximum absolute atomic E-state index is 12.7.